The molecule has 33 heavy (non-hydrogen) atoms. The Morgan fingerprint density at radius 1 is 0.879 bits per heavy atom. The fourth-order valence-electron chi connectivity index (χ4n) is 4.26. The summed E-state index contributed by atoms with van der Waals surface area (Å²) in [4.78, 5) is 53.3. The van der Waals surface area contributed by atoms with Gasteiger partial charge in [0.1, 0.15) is 5.82 Å². The molecule has 2 aliphatic heterocycles. The third-order valence-electron chi connectivity index (χ3n) is 6.07. The van der Waals surface area contributed by atoms with E-state index in [1.165, 1.54) is 41.3 Å². The number of benzene rings is 2. The highest BCUT2D eigenvalue weighted by molar-refractivity contribution is 6.22. The summed E-state index contributed by atoms with van der Waals surface area (Å²) in [6.45, 7) is 1.16. The van der Waals surface area contributed by atoms with Crippen LogP contribution in [-0.4, -0.2) is 54.2 Å². The zero-order valence-corrected chi connectivity index (χ0v) is 18.2. The molecule has 0 saturated carbocycles. The van der Waals surface area contributed by atoms with Gasteiger partial charge in [0.25, 0.3) is 5.91 Å². The van der Waals surface area contributed by atoms with Crippen LogP contribution >= 0.6 is 0 Å². The van der Waals surface area contributed by atoms with Gasteiger partial charge in [-0.2, -0.15) is 0 Å². The van der Waals surface area contributed by atoms with E-state index in [1.807, 2.05) is 0 Å². The van der Waals surface area contributed by atoms with Gasteiger partial charge in [-0.25, -0.2) is 14.1 Å². The molecule has 2 fully saturated rings. The first-order valence-corrected chi connectivity index (χ1v) is 11.1. The normalized spacial score (nSPS) is 19.4. The molecule has 2 aliphatic rings. The van der Waals surface area contributed by atoms with Gasteiger partial charge in [0, 0.05) is 5.56 Å². The largest absolute Gasteiger partial charge is 0.454 e. The standard InChI is InChI=1S/C25H25FN2O5/c26-19-9-5-17(6-10-19)22(29)16-33-25(32)18-7-11-20(12-8-18)28-23(30)15-21(24(28)31)27-13-3-1-2-4-14-27/h5-12,21H,1-4,13-16H2. The van der Waals surface area contributed by atoms with Crippen molar-refractivity contribution in [2.45, 2.75) is 38.1 Å². The number of ketones is 1. The summed E-state index contributed by atoms with van der Waals surface area (Å²) in [6, 6.07) is 10.5. The average molecular weight is 452 g/mol. The Morgan fingerprint density at radius 2 is 1.48 bits per heavy atom. The Bertz CT molecular complexity index is 1040. The molecule has 4 rings (SSSR count). The van der Waals surface area contributed by atoms with Crippen LogP contribution in [-0.2, 0) is 14.3 Å². The van der Waals surface area contributed by atoms with Crippen LogP contribution < -0.4 is 4.90 Å². The van der Waals surface area contributed by atoms with Gasteiger partial charge in [0.2, 0.25) is 5.91 Å². The fraction of sp³-hybridized carbons (Fsp3) is 0.360. The second-order valence-corrected chi connectivity index (χ2v) is 8.29. The van der Waals surface area contributed by atoms with Crippen LogP contribution in [0.1, 0.15) is 52.8 Å². The maximum Gasteiger partial charge on any atom is 0.338 e. The predicted octanol–water partition coefficient (Wildman–Crippen LogP) is 3.37. The Morgan fingerprint density at radius 3 is 2.12 bits per heavy atom. The lowest BCUT2D eigenvalue weighted by molar-refractivity contribution is -0.122. The lowest BCUT2D eigenvalue weighted by Gasteiger charge is -2.25. The first kappa shape index (κ1) is 22.8. The molecule has 7 nitrogen and oxygen atoms in total. The Balaban J connectivity index is 1.37. The molecule has 2 aromatic rings. The van der Waals surface area contributed by atoms with Crippen LogP contribution in [0.25, 0.3) is 0 Å². The van der Waals surface area contributed by atoms with Crippen LogP contribution in [0, 0.1) is 5.82 Å². The molecule has 0 bridgehead atoms. The van der Waals surface area contributed by atoms with Crippen LogP contribution in [0.4, 0.5) is 10.1 Å². The highest BCUT2D eigenvalue weighted by atomic mass is 19.1. The number of likely N-dealkylation sites (tertiary alicyclic amines) is 1. The first-order valence-electron chi connectivity index (χ1n) is 11.1. The number of esters is 1. The van der Waals surface area contributed by atoms with Gasteiger partial charge in [-0.05, 0) is 74.5 Å². The summed E-state index contributed by atoms with van der Waals surface area (Å²) in [5.41, 5.74) is 0.833. The Kier molecular flexibility index (Phi) is 6.93. The molecule has 0 radical (unpaired) electrons. The third-order valence-corrected chi connectivity index (χ3v) is 6.07. The summed E-state index contributed by atoms with van der Waals surface area (Å²) < 4.78 is 18.0. The molecule has 0 aromatic heterocycles. The monoisotopic (exact) mass is 452 g/mol. The van der Waals surface area contributed by atoms with Crippen LogP contribution in [0.2, 0.25) is 0 Å². The minimum absolute atomic E-state index is 0.161. The SMILES string of the molecule is O=C(COC(=O)c1ccc(N2C(=O)CC(N3CCCCCC3)C2=O)cc1)c1ccc(F)cc1. The number of ether oxygens (including phenoxy) is 1. The molecule has 0 N–H and O–H groups in total. The van der Waals surface area contributed by atoms with Gasteiger partial charge < -0.3 is 4.74 Å². The molecule has 8 heteroatoms. The number of Topliss-reactive ketones (excluding diaryl/α,β-unsaturated/α-hetero) is 1. The van der Waals surface area contributed by atoms with Crippen LogP contribution in [0.15, 0.2) is 48.5 Å². The smallest absolute Gasteiger partial charge is 0.338 e. The number of imide groups is 1. The van der Waals surface area contributed by atoms with Gasteiger partial charge in [-0.3, -0.25) is 19.3 Å². The Labute approximate surface area is 191 Å². The number of hydrogen-bond acceptors (Lipinski definition) is 6. The van der Waals surface area contributed by atoms with E-state index in [1.54, 1.807) is 0 Å². The number of nitrogens with zero attached hydrogens (tertiary/aromatic N) is 2. The topological polar surface area (TPSA) is 84.0 Å². The first-order chi connectivity index (χ1) is 15.9. The van der Waals surface area contributed by atoms with E-state index < -0.39 is 30.2 Å². The minimum atomic E-state index is -0.710. The minimum Gasteiger partial charge on any atom is -0.454 e. The molecule has 0 spiro atoms. The summed E-state index contributed by atoms with van der Waals surface area (Å²) in [6.07, 6.45) is 4.50. The molecule has 172 valence electrons. The maximum atomic E-state index is 13.0. The molecule has 2 saturated heterocycles. The molecule has 0 aliphatic carbocycles. The van der Waals surface area contributed by atoms with Crippen molar-refractivity contribution in [3.05, 3.63) is 65.5 Å². The second-order valence-electron chi connectivity index (χ2n) is 8.29. The van der Waals surface area contributed by atoms with E-state index >= 15 is 0 Å². The quantitative estimate of drug-likeness (QED) is 0.380. The molecule has 1 atom stereocenters. The van der Waals surface area contributed by atoms with Crippen LogP contribution in [0.3, 0.4) is 0 Å². The summed E-state index contributed by atoms with van der Waals surface area (Å²) in [5, 5.41) is 0. The zero-order chi connectivity index (χ0) is 23.4. The molecule has 2 amide bonds. The van der Waals surface area contributed by atoms with Crippen molar-refractivity contribution in [3.63, 3.8) is 0 Å². The van der Waals surface area contributed by atoms with Crippen molar-refractivity contribution in [1.82, 2.24) is 4.90 Å². The number of hydrogen-bond donors (Lipinski definition) is 0. The lowest BCUT2D eigenvalue weighted by atomic mass is 10.1. The van der Waals surface area contributed by atoms with Crippen molar-refractivity contribution in [2.75, 3.05) is 24.6 Å². The van der Waals surface area contributed by atoms with Crippen molar-refractivity contribution < 1.29 is 28.3 Å². The average Bonchev–Trinajstić information content (AvgIpc) is 2.99. The van der Waals surface area contributed by atoms with E-state index in [2.05, 4.69) is 4.90 Å². The van der Waals surface area contributed by atoms with Crippen molar-refractivity contribution in [2.24, 2.45) is 0 Å². The molecule has 2 aromatic carbocycles. The van der Waals surface area contributed by atoms with Gasteiger partial charge in [0.05, 0.1) is 23.7 Å². The van der Waals surface area contributed by atoms with Gasteiger partial charge in [-0.15, -0.1) is 0 Å². The zero-order valence-electron chi connectivity index (χ0n) is 18.2. The molecule has 1 unspecified atom stereocenters. The van der Waals surface area contributed by atoms with Crippen molar-refractivity contribution >= 4 is 29.3 Å². The lowest BCUT2D eigenvalue weighted by Crippen LogP contribution is -2.42. The molecular formula is C25H25FN2O5. The highest BCUT2D eigenvalue weighted by Crippen LogP contribution is 2.27. The number of carbonyl (C=O) groups is 4. The predicted molar refractivity (Wildman–Crippen MR) is 118 cm³/mol. The molecular weight excluding hydrogens is 427 g/mol. The number of carbonyl (C=O) groups excluding carboxylic acids is 4. The highest BCUT2D eigenvalue weighted by Gasteiger charge is 2.42. The van der Waals surface area contributed by atoms with Gasteiger partial charge >= 0.3 is 5.97 Å². The summed E-state index contributed by atoms with van der Waals surface area (Å²) >= 11 is 0. The number of halogens is 1. The third kappa shape index (κ3) is 5.17. The van der Waals surface area contributed by atoms with E-state index in [9.17, 15) is 23.6 Å². The summed E-state index contributed by atoms with van der Waals surface area (Å²) in [5.74, 6) is -2.11. The van der Waals surface area contributed by atoms with E-state index in [0.29, 0.717) is 5.69 Å². The van der Waals surface area contributed by atoms with Crippen LogP contribution in [0.5, 0.6) is 0 Å². The van der Waals surface area contributed by atoms with E-state index in [-0.39, 0.29) is 29.4 Å². The van der Waals surface area contributed by atoms with Crippen molar-refractivity contribution in [3.8, 4) is 0 Å². The maximum absolute atomic E-state index is 13.0. The number of rotatable bonds is 6. The molecule has 2 heterocycles. The van der Waals surface area contributed by atoms with Gasteiger partial charge in [-0.1, -0.05) is 12.8 Å². The van der Waals surface area contributed by atoms with Crippen molar-refractivity contribution in [1.29, 1.82) is 0 Å². The number of anilines is 1. The van der Waals surface area contributed by atoms with E-state index in [0.717, 1.165) is 50.9 Å². The van der Waals surface area contributed by atoms with Gasteiger partial charge in [0.15, 0.2) is 12.4 Å². The fourth-order valence-corrected chi connectivity index (χ4v) is 4.26. The Hall–Kier alpha value is -3.39. The second kappa shape index (κ2) is 10.0. The summed E-state index contributed by atoms with van der Waals surface area (Å²) in [7, 11) is 0. The van der Waals surface area contributed by atoms with E-state index in [4.69, 9.17) is 4.74 Å². The number of amides is 2.